The number of allylic oxidation sites excluding steroid dienone is 10. The van der Waals surface area contributed by atoms with Crippen molar-refractivity contribution in [1.82, 2.24) is 5.32 Å². The van der Waals surface area contributed by atoms with E-state index in [0.717, 1.165) is 70.6 Å². The molecule has 8 nitrogen and oxygen atoms in total. The van der Waals surface area contributed by atoms with Crippen LogP contribution in [-0.4, -0.2) is 73.4 Å². The molecule has 0 aromatic carbocycles. The van der Waals surface area contributed by atoms with E-state index in [-0.39, 0.29) is 19.1 Å². The van der Waals surface area contributed by atoms with Gasteiger partial charge in [-0.15, -0.1) is 0 Å². The zero-order valence-electron chi connectivity index (χ0n) is 46.0. The minimum atomic E-state index is -4.32. The summed E-state index contributed by atoms with van der Waals surface area (Å²) in [4.78, 5) is 23.3. The van der Waals surface area contributed by atoms with Crippen molar-refractivity contribution in [2.24, 2.45) is 0 Å². The average molecular weight is 991 g/mol. The highest BCUT2D eigenvalue weighted by atomic mass is 31.2. The monoisotopic (exact) mass is 990 g/mol. The molecule has 0 radical (unpaired) electrons. The van der Waals surface area contributed by atoms with Crippen LogP contribution in [0.3, 0.4) is 0 Å². The van der Waals surface area contributed by atoms with Crippen molar-refractivity contribution in [3.05, 3.63) is 60.8 Å². The first-order valence-electron chi connectivity index (χ1n) is 29.2. The number of unbranched alkanes of at least 4 members (excludes halogenated alkanes) is 30. The Labute approximate surface area is 428 Å². The molecule has 0 rings (SSSR count). The lowest BCUT2D eigenvalue weighted by Gasteiger charge is -2.26. The summed E-state index contributed by atoms with van der Waals surface area (Å²) in [7, 11) is 1.62. The summed E-state index contributed by atoms with van der Waals surface area (Å²) >= 11 is 0. The largest absolute Gasteiger partial charge is 0.472 e. The third-order valence-electron chi connectivity index (χ3n) is 13.0. The van der Waals surface area contributed by atoms with Gasteiger partial charge in [-0.25, -0.2) is 4.57 Å². The van der Waals surface area contributed by atoms with Crippen LogP contribution in [0.4, 0.5) is 0 Å². The Morgan fingerprint density at radius 2 is 0.870 bits per heavy atom. The lowest BCUT2D eigenvalue weighted by Crippen LogP contribution is -2.46. The van der Waals surface area contributed by atoms with Crippen molar-refractivity contribution in [2.45, 2.75) is 276 Å². The lowest BCUT2D eigenvalue weighted by atomic mass is 10.0. The van der Waals surface area contributed by atoms with Gasteiger partial charge in [0.05, 0.1) is 39.9 Å². The molecule has 0 fully saturated rings. The molecule has 0 aliphatic rings. The van der Waals surface area contributed by atoms with Crippen LogP contribution in [0.25, 0.3) is 0 Å². The zero-order chi connectivity index (χ0) is 50.6. The number of phosphoric ester groups is 1. The fourth-order valence-corrected chi connectivity index (χ4v) is 9.22. The molecule has 0 saturated carbocycles. The highest BCUT2D eigenvalue weighted by molar-refractivity contribution is 7.47. The summed E-state index contributed by atoms with van der Waals surface area (Å²) in [5.41, 5.74) is 0. The summed E-state index contributed by atoms with van der Waals surface area (Å²) in [6.07, 6.45) is 68.5. The quantitative estimate of drug-likeness (QED) is 0.0243. The molecule has 3 atom stereocenters. The van der Waals surface area contributed by atoms with Crippen LogP contribution in [0.5, 0.6) is 0 Å². The van der Waals surface area contributed by atoms with Crippen LogP contribution < -0.4 is 5.32 Å². The molecule has 3 N–H and O–H groups in total. The Morgan fingerprint density at radius 1 is 0.507 bits per heavy atom. The Bertz CT molecular complexity index is 1310. The smallest absolute Gasteiger partial charge is 0.391 e. The van der Waals surface area contributed by atoms with E-state index in [4.69, 9.17) is 9.05 Å². The first-order valence-corrected chi connectivity index (χ1v) is 30.6. The van der Waals surface area contributed by atoms with Crippen molar-refractivity contribution in [1.29, 1.82) is 0 Å². The number of nitrogens with one attached hydrogen (secondary N) is 1. The van der Waals surface area contributed by atoms with Gasteiger partial charge in [-0.05, 0) is 57.8 Å². The van der Waals surface area contributed by atoms with Crippen molar-refractivity contribution in [3.8, 4) is 0 Å². The molecule has 404 valence electrons. The molecule has 69 heavy (non-hydrogen) atoms. The normalized spacial score (nSPS) is 14.4. The van der Waals surface area contributed by atoms with Gasteiger partial charge in [0.2, 0.25) is 5.91 Å². The zero-order valence-corrected chi connectivity index (χ0v) is 46.9. The number of rotatable bonds is 53. The summed E-state index contributed by atoms with van der Waals surface area (Å²) in [6, 6.07) is -0.761. The average Bonchev–Trinajstić information content (AvgIpc) is 3.31. The van der Waals surface area contributed by atoms with Crippen LogP contribution in [-0.2, 0) is 18.4 Å². The van der Waals surface area contributed by atoms with E-state index in [0.29, 0.717) is 23.9 Å². The second-order valence-corrected chi connectivity index (χ2v) is 22.4. The van der Waals surface area contributed by atoms with Gasteiger partial charge in [-0.2, -0.15) is 0 Å². The Morgan fingerprint density at radius 3 is 1.28 bits per heavy atom. The molecular formula is C60H114N2O6P+. The molecular weight excluding hydrogens is 876 g/mol. The molecule has 0 bridgehead atoms. The summed E-state index contributed by atoms with van der Waals surface area (Å²) in [5, 5.41) is 14.0. The number of hydrogen-bond acceptors (Lipinski definition) is 5. The van der Waals surface area contributed by atoms with Crippen molar-refractivity contribution in [3.63, 3.8) is 0 Å². The molecule has 0 aromatic heterocycles. The highest BCUT2D eigenvalue weighted by Gasteiger charge is 2.28. The fourth-order valence-electron chi connectivity index (χ4n) is 8.49. The molecule has 0 aliphatic carbocycles. The summed E-state index contributed by atoms with van der Waals surface area (Å²) in [5.74, 6) is -0.143. The van der Waals surface area contributed by atoms with E-state index >= 15 is 0 Å². The number of hydrogen-bond donors (Lipinski definition) is 3. The predicted molar refractivity (Wildman–Crippen MR) is 300 cm³/mol. The van der Waals surface area contributed by atoms with Crippen molar-refractivity contribution in [2.75, 3.05) is 40.9 Å². The van der Waals surface area contributed by atoms with E-state index in [1.54, 1.807) is 0 Å². The SMILES string of the molecule is CC/C=C\C/C=C\C/C=C\C/C=C\C/C=C\CCCCCCCCCCCCCCCCCCCC(=O)NC(COP(=O)(O)OCC[N+](C)(C)C)C(O)CCCCCCCCCCCCCCCC. The molecule has 1 amide bonds. The second-order valence-electron chi connectivity index (χ2n) is 21.0. The van der Waals surface area contributed by atoms with E-state index in [9.17, 15) is 19.4 Å². The van der Waals surface area contributed by atoms with Gasteiger partial charge in [0, 0.05) is 6.42 Å². The summed E-state index contributed by atoms with van der Waals surface area (Å²) < 4.78 is 23.8. The predicted octanol–water partition coefficient (Wildman–Crippen LogP) is 17.7. The minimum Gasteiger partial charge on any atom is -0.391 e. The molecule has 9 heteroatoms. The Hall–Kier alpha value is -1.80. The third kappa shape index (κ3) is 53.8. The van der Waals surface area contributed by atoms with E-state index in [2.05, 4.69) is 79.9 Å². The van der Waals surface area contributed by atoms with E-state index in [1.807, 2.05) is 21.1 Å². The van der Waals surface area contributed by atoms with Crippen LogP contribution >= 0.6 is 7.82 Å². The maximum atomic E-state index is 13.0. The topological polar surface area (TPSA) is 105 Å². The van der Waals surface area contributed by atoms with Gasteiger partial charge >= 0.3 is 7.82 Å². The number of quaternary nitrogens is 1. The van der Waals surface area contributed by atoms with Crippen LogP contribution in [0.2, 0.25) is 0 Å². The van der Waals surface area contributed by atoms with E-state index in [1.165, 1.54) is 167 Å². The maximum Gasteiger partial charge on any atom is 0.472 e. The molecule has 0 saturated heterocycles. The molecule has 0 spiro atoms. The molecule has 0 aromatic rings. The molecule has 0 aliphatic heterocycles. The Kier molecular flexibility index (Phi) is 49.8. The van der Waals surface area contributed by atoms with Gasteiger partial charge in [-0.3, -0.25) is 13.8 Å². The Balaban J connectivity index is 4.02. The highest BCUT2D eigenvalue weighted by Crippen LogP contribution is 2.43. The van der Waals surface area contributed by atoms with Crippen LogP contribution in [0, 0.1) is 0 Å². The van der Waals surface area contributed by atoms with Crippen LogP contribution in [0.15, 0.2) is 60.8 Å². The van der Waals surface area contributed by atoms with Gasteiger partial charge in [-0.1, -0.05) is 261 Å². The number of carbonyl (C=O) groups excluding carboxylic acids is 1. The number of aliphatic hydroxyl groups is 1. The van der Waals surface area contributed by atoms with Gasteiger partial charge in [0.25, 0.3) is 0 Å². The maximum absolute atomic E-state index is 13.0. The number of aliphatic hydroxyl groups excluding tert-OH is 1. The first kappa shape index (κ1) is 67.2. The number of amides is 1. The van der Waals surface area contributed by atoms with Crippen molar-refractivity contribution >= 4 is 13.7 Å². The number of carbonyl (C=O) groups is 1. The molecule has 3 unspecified atom stereocenters. The molecule has 0 heterocycles. The number of likely N-dealkylation sites (N-methyl/N-ethyl adjacent to an activating group) is 1. The van der Waals surface area contributed by atoms with Gasteiger partial charge in [0.15, 0.2) is 0 Å². The van der Waals surface area contributed by atoms with Crippen molar-refractivity contribution < 1.29 is 32.9 Å². The minimum absolute atomic E-state index is 0.0746. The fraction of sp³-hybridized carbons (Fsp3) is 0.817. The third-order valence-corrected chi connectivity index (χ3v) is 14.0. The van der Waals surface area contributed by atoms with Crippen LogP contribution in [0.1, 0.15) is 264 Å². The summed E-state index contributed by atoms with van der Waals surface area (Å²) in [6.45, 7) is 4.79. The first-order chi connectivity index (χ1) is 33.5. The van der Waals surface area contributed by atoms with E-state index < -0.39 is 20.0 Å². The standard InChI is InChI=1S/C60H113N2O6P/c1-6-8-10-12-14-16-18-20-22-23-24-25-26-27-28-29-30-31-32-33-34-35-36-37-38-39-40-42-44-46-48-50-52-54-60(64)61-58(57-68-69(65,66)67-56-55-62(3,4)5)59(63)53-51-49-47-45-43-41-21-19-17-15-13-11-9-7-2/h8,10,14,16,20,22,24-25,27-28,58-59,63H,6-7,9,11-13,15,17-19,21,23,26,29-57H2,1-5H3,(H-,61,64,65,66)/p+1/b10-8-,16-14-,22-20-,25-24-,28-27-. The number of nitrogens with zero attached hydrogens (tertiary/aromatic N) is 1. The lowest BCUT2D eigenvalue weighted by molar-refractivity contribution is -0.870. The van der Waals surface area contributed by atoms with Gasteiger partial charge < -0.3 is 19.8 Å². The second kappa shape index (κ2) is 51.1. The van der Waals surface area contributed by atoms with Gasteiger partial charge in [0.1, 0.15) is 13.2 Å². The number of phosphoric acid groups is 1.